The van der Waals surface area contributed by atoms with E-state index in [-0.39, 0.29) is 30.4 Å². The van der Waals surface area contributed by atoms with Gasteiger partial charge < -0.3 is 20.7 Å². The Morgan fingerprint density at radius 2 is 2.04 bits per heavy atom. The van der Waals surface area contributed by atoms with E-state index in [1.807, 2.05) is 44.2 Å². The van der Waals surface area contributed by atoms with Crippen LogP contribution in [0.3, 0.4) is 0 Å². The molecule has 1 heterocycles. The molecule has 6 heteroatoms. The number of nitrogens with two attached hydrogens (primary N) is 1. The lowest BCUT2D eigenvalue weighted by Crippen LogP contribution is -2.48. The highest BCUT2D eigenvalue weighted by Gasteiger charge is 2.26. The maximum Gasteiger partial charge on any atom is 0.410 e. The third kappa shape index (κ3) is 6.05. The molecule has 0 unspecified atom stereocenters. The fourth-order valence-corrected chi connectivity index (χ4v) is 2.87. The van der Waals surface area contributed by atoms with Crippen LogP contribution in [0.15, 0.2) is 30.3 Å². The van der Waals surface area contributed by atoms with Gasteiger partial charge in [-0.25, -0.2) is 4.79 Å². The number of likely N-dealkylation sites (tertiary alicyclic amines) is 1. The van der Waals surface area contributed by atoms with Gasteiger partial charge in [0.2, 0.25) is 5.91 Å². The number of nitrogens with one attached hydrogen (secondary N) is 1. The Morgan fingerprint density at radius 3 is 2.72 bits per heavy atom. The molecule has 2 atom stereocenters. The fraction of sp³-hybridized carbons (Fsp3) is 0.579. The second-order valence-electron chi connectivity index (χ2n) is 7.01. The monoisotopic (exact) mass is 347 g/mol. The Labute approximate surface area is 149 Å². The van der Waals surface area contributed by atoms with Gasteiger partial charge in [-0.05, 0) is 30.2 Å². The number of piperidine rings is 1. The fourth-order valence-electron chi connectivity index (χ4n) is 2.87. The number of hydrogen-bond acceptors (Lipinski definition) is 4. The lowest BCUT2D eigenvalue weighted by atomic mass is 9.97. The first kappa shape index (κ1) is 19.2. The van der Waals surface area contributed by atoms with Crippen LogP contribution < -0.4 is 11.1 Å². The van der Waals surface area contributed by atoms with Crippen molar-refractivity contribution in [2.45, 2.75) is 39.3 Å². The van der Waals surface area contributed by atoms with Gasteiger partial charge in [-0.15, -0.1) is 0 Å². The number of carbonyl (C=O) groups is 2. The molecule has 6 nitrogen and oxygen atoms in total. The summed E-state index contributed by atoms with van der Waals surface area (Å²) >= 11 is 0. The van der Waals surface area contributed by atoms with Gasteiger partial charge in [-0.2, -0.15) is 0 Å². The Balaban J connectivity index is 1.76. The molecule has 25 heavy (non-hydrogen) atoms. The summed E-state index contributed by atoms with van der Waals surface area (Å²) in [5.41, 5.74) is 6.82. The van der Waals surface area contributed by atoms with Gasteiger partial charge in [-0.3, -0.25) is 4.79 Å². The van der Waals surface area contributed by atoms with Crippen LogP contribution in [-0.2, 0) is 16.1 Å². The predicted octanol–water partition coefficient (Wildman–Crippen LogP) is 2.13. The van der Waals surface area contributed by atoms with Crippen LogP contribution >= 0.6 is 0 Å². The van der Waals surface area contributed by atoms with Crippen molar-refractivity contribution in [3.8, 4) is 0 Å². The molecule has 1 aliphatic heterocycles. The highest BCUT2D eigenvalue weighted by molar-refractivity contribution is 5.81. The quantitative estimate of drug-likeness (QED) is 0.826. The zero-order chi connectivity index (χ0) is 18.2. The van der Waals surface area contributed by atoms with E-state index in [1.54, 1.807) is 4.90 Å². The van der Waals surface area contributed by atoms with Crippen molar-refractivity contribution in [2.75, 3.05) is 19.6 Å². The highest BCUT2D eigenvalue weighted by Crippen LogP contribution is 2.17. The van der Waals surface area contributed by atoms with E-state index in [9.17, 15) is 9.59 Å². The summed E-state index contributed by atoms with van der Waals surface area (Å²) in [4.78, 5) is 25.9. The Hall–Kier alpha value is -2.08. The van der Waals surface area contributed by atoms with E-state index >= 15 is 0 Å². The first-order valence-corrected chi connectivity index (χ1v) is 8.96. The van der Waals surface area contributed by atoms with Crippen LogP contribution in [0.1, 0.15) is 32.3 Å². The van der Waals surface area contributed by atoms with Gasteiger partial charge in [0.25, 0.3) is 0 Å². The van der Waals surface area contributed by atoms with E-state index in [1.165, 1.54) is 0 Å². The van der Waals surface area contributed by atoms with E-state index in [0.717, 1.165) is 18.4 Å². The van der Waals surface area contributed by atoms with Crippen molar-refractivity contribution >= 4 is 12.0 Å². The summed E-state index contributed by atoms with van der Waals surface area (Å²) in [5.74, 6) is 0.218. The van der Waals surface area contributed by atoms with Crippen molar-refractivity contribution in [1.29, 1.82) is 0 Å². The molecule has 0 saturated carbocycles. The number of hydrogen-bond donors (Lipinski definition) is 2. The maximum atomic E-state index is 12.2. The number of carbonyl (C=O) groups excluding carboxylic acids is 2. The molecule has 0 spiro atoms. The first-order valence-electron chi connectivity index (χ1n) is 8.96. The molecule has 2 rings (SSSR count). The third-order valence-corrected chi connectivity index (χ3v) is 4.57. The molecule has 0 bridgehead atoms. The van der Waals surface area contributed by atoms with Crippen LogP contribution in [0.25, 0.3) is 0 Å². The summed E-state index contributed by atoms with van der Waals surface area (Å²) < 4.78 is 5.39. The molecule has 1 saturated heterocycles. The smallest absolute Gasteiger partial charge is 0.410 e. The first-order chi connectivity index (χ1) is 12.0. The van der Waals surface area contributed by atoms with Gasteiger partial charge in [0.05, 0.1) is 6.04 Å². The molecule has 0 aliphatic carbocycles. The zero-order valence-electron chi connectivity index (χ0n) is 15.1. The molecule has 1 aliphatic rings. The van der Waals surface area contributed by atoms with Crippen LogP contribution in [-0.4, -0.2) is 42.6 Å². The molecule has 1 fully saturated rings. The SMILES string of the molecule is CC(C)[C@H](N)C(=O)NC[C@@H]1CCCN(C(=O)OCc2ccccc2)C1. The molecule has 2 amide bonds. The molecule has 0 radical (unpaired) electrons. The van der Waals surface area contributed by atoms with Gasteiger partial charge >= 0.3 is 6.09 Å². The van der Waals surface area contributed by atoms with Crippen LogP contribution in [0.5, 0.6) is 0 Å². The van der Waals surface area contributed by atoms with E-state index in [2.05, 4.69) is 5.32 Å². The zero-order valence-corrected chi connectivity index (χ0v) is 15.1. The summed E-state index contributed by atoms with van der Waals surface area (Å²) in [6, 6.07) is 9.14. The van der Waals surface area contributed by atoms with Gasteiger partial charge in [0.15, 0.2) is 0 Å². The van der Waals surface area contributed by atoms with Crippen molar-refractivity contribution < 1.29 is 14.3 Å². The molecular formula is C19H29N3O3. The minimum atomic E-state index is -0.490. The van der Waals surface area contributed by atoms with Crippen molar-refractivity contribution in [3.63, 3.8) is 0 Å². The number of ether oxygens (including phenoxy) is 1. The maximum absolute atomic E-state index is 12.2. The van der Waals surface area contributed by atoms with E-state index < -0.39 is 6.04 Å². The lowest BCUT2D eigenvalue weighted by Gasteiger charge is -2.32. The number of nitrogens with zero attached hydrogens (tertiary/aromatic N) is 1. The van der Waals surface area contributed by atoms with E-state index in [0.29, 0.717) is 19.6 Å². The Kier molecular flexibility index (Phi) is 7.25. The Morgan fingerprint density at radius 1 is 1.32 bits per heavy atom. The van der Waals surface area contributed by atoms with Gasteiger partial charge in [-0.1, -0.05) is 44.2 Å². The minimum Gasteiger partial charge on any atom is -0.445 e. The van der Waals surface area contributed by atoms with E-state index in [4.69, 9.17) is 10.5 Å². The highest BCUT2D eigenvalue weighted by atomic mass is 16.6. The molecule has 0 aromatic heterocycles. The predicted molar refractivity (Wildman–Crippen MR) is 96.7 cm³/mol. The molecule has 3 N–H and O–H groups in total. The van der Waals surface area contributed by atoms with Crippen molar-refractivity contribution in [3.05, 3.63) is 35.9 Å². The average molecular weight is 347 g/mol. The molecule has 1 aromatic carbocycles. The third-order valence-electron chi connectivity index (χ3n) is 4.57. The Bertz CT molecular complexity index is 562. The largest absolute Gasteiger partial charge is 0.445 e. The number of amides is 2. The van der Waals surface area contributed by atoms with Crippen molar-refractivity contribution in [1.82, 2.24) is 10.2 Å². The van der Waals surface area contributed by atoms with Crippen molar-refractivity contribution in [2.24, 2.45) is 17.6 Å². The standard InChI is InChI=1S/C19H29N3O3/c1-14(2)17(20)18(23)21-11-16-9-6-10-22(12-16)19(24)25-13-15-7-4-3-5-8-15/h3-5,7-8,14,16-17H,6,9-13,20H2,1-2H3,(H,21,23)/t16-,17-/m0/s1. The average Bonchev–Trinajstić information content (AvgIpc) is 2.64. The normalized spacial score (nSPS) is 18.7. The molecule has 1 aromatic rings. The number of benzene rings is 1. The van der Waals surface area contributed by atoms with Crippen LogP contribution in [0.4, 0.5) is 4.79 Å². The number of rotatable bonds is 6. The van der Waals surface area contributed by atoms with Gasteiger partial charge in [0.1, 0.15) is 6.61 Å². The molecular weight excluding hydrogens is 318 g/mol. The van der Waals surface area contributed by atoms with Gasteiger partial charge in [0, 0.05) is 19.6 Å². The second kappa shape index (κ2) is 9.42. The summed E-state index contributed by atoms with van der Waals surface area (Å²) in [7, 11) is 0. The summed E-state index contributed by atoms with van der Waals surface area (Å²) in [6.45, 7) is 5.97. The summed E-state index contributed by atoms with van der Waals surface area (Å²) in [5, 5.41) is 2.91. The van der Waals surface area contributed by atoms with Crippen LogP contribution in [0, 0.1) is 11.8 Å². The summed E-state index contributed by atoms with van der Waals surface area (Å²) in [6.07, 6.45) is 1.61. The minimum absolute atomic E-state index is 0.107. The second-order valence-corrected chi connectivity index (χ2v) is 7.01. The van der Waals surface area contributed by atoms with Crippen LogP contribution in [0.2, 0.25) is 0 Å². The lowest BCUT2D eigenvalue weighted by molar-refractivity contribution is -0.123. The molecule has 138 valence electrons. The topological polar surface area (TPSA) is 84.7 Å².